The van der Waals surface area contributed by atoms with Crippen molar-refractivity contribution in [3.05, 3.63) is 46.9 Å². The number of hydrogen-bond acceptors (Lipinski definition) is 8. The van der Waals surface area contributed by atoms with Crippen molar-refractivity contribution in [1.29, 1.82) is 0 Å². The van der Waals surface area contributed by atoms with Crippen molar-refractivity contribution in [2.75, 3.05) is 37.7 Å². The van der Waals surface area contributed by atoms with Crippen molar-refractivity contribution in [1.82, 2.24) is 25.2 Å². The third-order valence-corrected chi connectivity index (χ3v) is 10.0. The summed E-state index contributed by atoms with van der Waals surface area (Å²) in [5, 5.41) is 14.1. The summed E-state index contributed by atoms with van der Waals surface area (Å²) in [5.41, 5.74) is -0.687. The zero-order valence-electron chi connectivity index (χ0n) is 23.3. The van der Waals surface area contributed by atoms with E-state index < -0.39 is 17.5 Å². The number of fused-ring (bicyclic) bond motifs is 5. The summed E-state index contributed by atoms with van der Waals surface area (Å²) in [6, 6.07) is 5.27. The Morgan fingerprint density at radius 2 is 1.72 bits per heavy atom. The summed E-state index contributed by atoms with van der Waals surface area (Å²) in [6.45, 7) is 3.76. The van der Waals surface area contributed by atoms with Crippen molar-refractivity contribution < 1.29 is 23.0 Å². The van der Waals surface area contributed by atoms with Gasteiger partial charge in [0.2, 0.25) is 0 Å². The predicted molar refractivity (Wildman–Crippen MR) is 157 cm³/mol. The van der Waals surface area contributed by atoms with Crippen LogP contribution >= 0.6 is 11.6 Å². The first-order valence-electron chi connectivity index (χ1n) is 14.9. The predicted octanol–water partition coefficient (Wildman–Crippen LogP) is 5.57. The first-order valence-corrected chi connectivity index (χ1v) is 15.2. The number of piperazine rings is 1. The van der Waals surface area contributed by atoms with Crippen LogP contribution in [0.2, 0.25) is 5.15 Å². The number of nitrogens with zero attached hydrogens (tertiary/aromatic N) is 5. The lowest BCUT2D eigenvalue weighted by atomic mass is 9.95. The van der Waals surface area contributed by atoms with Crippen LogP contribution in [0.4, 0.5) is 19.0 Å². The van der Waals surface area contributed by atoms with Crippen LogP contribution in [0.3, 0.4) is 0 Å². The third kappa shape index (κ3) is 4.38. The topological polar surface area (TPSA) is 86.6 Å². The number of aromatic hydroxyl groups is 1. The number of ether oxygens (including phenoxy) is 1. The molecular formula is C31H30ClF3N6O2. The lowest BCUT2D eigenvalue weighted by Gasteiger charge is -2.34. The molecule has 0 spiro atoms. The molecule has 8 nitrogen and oxygen atoms in total. The molecule has 4 saturated heterocycles. The molecule has 2 aromatic heterocycles. The molecule has 2 N–H and O–H groups in total. The fourth-order valence-electron chi connectivity index (χ4n) is 7.76. The molecule has 43 heavy (non-hydrogen) atoms. The Kier molecular flexibility index (Phi) is 6.36. The van der Waals surface area contributed by atoms with Crippen molar-refractivity contribution in [3.8, 4) is 23.0 Å². The van der Waals surface area contributed by atoms with Gasteiger partial charge in [0.05, 0.1) is 10.9 Å². The number of pyridine rings is 1. The SMILES string of the molecule is Oc1cc(-c2nc(Cl)c3c(N4CC5CCC(C4)N5)nc(OCC45CCCN4CCC5)nc3c2F)c2c(F)c(F)ccc2c1. The first kappa shape index (κ1) is 27.2. The standard InChI is InChI=1S/C31H30ClF3N6O2/c32-28-23-27(25(35)26(37-28)20-12-19(42)11-16-3-6-21(33)24(34)22(16)20)38-30(43-15-31-7-1-9-41(31)10-2-8-31)39-29(23)40-13-17-4-5-18(14-40)36-17/h3,6,11-12,17-18,36,42H,1-2,4-5,7-10,13-15H2. The summed E-state index contributed by atoms with van der Waals surface area (Å²) < 4.78 is 52.4. The van der Waals surface area contributed by atoms with Crippen LogP contribution in [0.15, 0.2) is 24.3 Å². The number of benzene rings is 2. The second kappa shape index (κ2) is 10.1. The van der Waals surface area contributed by atoms with Crippen LogP contribution in [0, 0.1) is 17.5 Å². The van der Waals surface area contributed by atoms with Gasteiger partial charge >= 0.3 is 6.01 Å². The van der Waals surface area contributed by atoms with E-state index in [-0.39, 0.29) is 67.5 Å². The Morgan fingerprint density at radius 3 is 2.47 bits per heavy atom. The number of anilines is 1. The highest BCUT2D eigenvalue weighted by atomic mass is 35.5. The van der Waals surface area contributed by atoms with Gasteiger partial charge in [-0.3, -0.25) is 4.90 Å². The van der Waals surface area contributed by atoms with Gasteiger partial charge < -0.3 is 20.1 Å². The monoisotopic (exact) mass is 610 g/mol. The van der Waals surface area contributed by atoms with E-state index in [1.54, 1.807) is 0 Å². The molecule has 4 aromatic rings. The van der Waals surface area contributed by atoms with E-state index in [2.05, 4.69) is 25.1 Å². The van der Waals surface area contributed by atoms with E-state index in [9.17, 15) is 9.50 Å². The molecule has 2 aromatic carbocycles. The Labute approximate surface area is 250 Å². The van der Waals surface area contributed by atoms with Gasteiger partial charge in [0, 0.05) is 36.1 Å². The quantitative estimate of drug-likeness (QED) is 0.284. The number of phenols is 1. The van der Waals surface area contributed by atoms with Crippen LogP contribution in [-0.4, -0.2) is 75.4 Å². The molecule has 6 heterocycles. The minimum absolute atomic E-state index is 0.0339. The zero-order valence-corrected chi connectivity index (χ0v) is 24.1. The molecule has 12 heteroatoms. The highest BCUT2D eigenvalue weighted by molar-refractivity contribution is 6.35. The largest absolute Gasteiger partial charge is 0.508 e. The van der Waals surface area contributed by atoms with E-state index in [0.717, 1.165) is 63.7 Å². The zero-order chi connectivity index (χ0) is 29.5. The average molecular weight is 611 g/mol. The molecule has 4 aliphatic rings. The molecule has 4 aliphatic heterocycles. The second-order valence-corrected chi connectivity index (χ2v) is 12.7. The second-order valence-electron chi connectivity index (χ2n) is 12.3. The average Bonchev–Trinajstić information content (AvgIpc) is 3.68. The molecule has 0 saturated carbocycles. The van der Waals surface area contributed by atoms with Gasteiger partial charge in [-0.1, -0.05) is 17.7 Å². The molecule has 0 amide bonds. The summed E-state index contributed by atoms with van der Waals surface area (Å²) in [6.07, 6.45) is 6.31. The molecule has 0 radical (unpaired) electrons. The van der Waals surface area contributed by atoms with E-state index in [4.69, 9.17) is 21.3 Å². The normalized spacial score (nSPS) is 23.0. The van der Waals surface area contributed by atoms with Gasteiger partial charge in [-0.2, -0.15) is 9.97 Å². The summed E-state index contributed by atoms with van der Waals surface area (Å²) in [4.78, 5) is 18.2. The van der Waals surface area contributed by atoms with Gasteiger partial charge in [-0.25, -0.2) is 18.2 Å². The Balaban J connectivity index is 1.30. The highest BCUT2D eigenvalue weighted by Crippen LogP contribution is 2.42. The molecule has 4 fully saturated rings. The van der Waals surface area contributed by atoms with Gasteiger partial charge in [-0.15, -0.1) is 0 Å². The minimum Gasteiger partial charge on any atom is -0.508 e. The minimum atomic E-state index is -1.18. The number of phenolic OH excluding ortho intramolecular Hbond substituents is 1. The van der Waals surface area contributed by atoms with E-state index in [1.165, 1.54) is 12.1 Å². The van der Waals surface area contributed by atoms with Crippen LogP contribution in [0.5, 0.6) is 11.8 Å². The Morgan fingerprint density at radius 1 is 0.977 bits per heavy atom. The van der Waals surface area contributed by atoms with Crippen molar-refractivity contribution in [2.24, 2.45) is 0 Å². The lowest BCUT2D eigenvalue weighted by molar-refractivity contribution is 0.108. The van der Waals surface area contributed by atoms with Crippen molar-refractivity contribution >= 4 is 39.1 Å². The summed E-state index contributed by atoms with van der Waals surface area (Å²) in [5.74, 6) is -2.99. The van der Waals surface area contributed by atoms with E-state index >= 15 is 8.78 Å². The van der Waals surface area contributed by atoms with Crippen LogP contribution in [-0.2, 0) is 0 Å². The van der Waals surface area contributed by atoms with E-state index in [0.29, 0.717) is 25.5 Å². The molecule has 8 rings (SSSR count). The maximum atomic E-state index is 16.7. The molecule has 2 unspecified atom stereocenters. The van der Waals surface area contributed by atoms with Crippen LogP contribution in [0.1, 0.15) is 38.5 Å². The number of hydrogen-bond donors (Lipinski definition) is 2. The fraction of sp³-hybridized carbons (Fsp3) is 0.452. The number of rotatable bonds is 5. The fourth-order valence-corrected chi connectivity index (χ4v) is 8.02. The Hall–Kier alpha value is -3.41. The molecular weight excluding hydrogens is 581 g/mol. The van der Waals surface area contributed by atoms with Crippen molar-refractivity contribution in [3.63, 3.8) is 0 Å². The smallest absolute Gasteiger partial charge is 0.319 e. The highest BCUT2D eigenvalue weighted by Gasteiger charge is 2.45. The van der Waals surface area contributed by atoms with Crippen LogP contribution < -0.4 is 15.0 Å². The summed E-state index contributed by atoms with van der Waals surface area (Å²) >= 11 is 6.79. The number of nitrogens with one attached hydrogen (secondary N) is 1. The first-order chi connectivity index (χ1) is 20.8. The number of aromatic nitrogens is 3. The Bertz CT molecular complexity index is 1770. The maximum Gasteiger partial charge on any atom is 0.319 e. The van der Waals surface area contributed by atoms with Crippen LogP contribution in [0.25, 0.3) is 32.9 Å². The third-order valence-electron chi connectivity index (χ3n) is 9.75. The lowest BCUT2D eigenvalue weighted by Crippen LogP contribution is -2.51. The molecule has 2 atom stereocenters. The summed E-state index contributed by atoms with van der Waals surface area (Å²) in [7, 11) is 0. The van der Waals surface area contributed by atoms with Crippen molar-refractivity contribution in [2.45, 2.75) is 56.1 Å². The molecule has 224 valence electrons. The van der Waals surface area contributed by atoms with Gasteiger partial charge in [0.1, 0.15) is 34.5 Å². The maximum absolute atomic E-state index is 16.7. The van der Waals surface area contributed by atoms with Gasteiger partial charge in [0.15, 0.2) is 17.5 Å². The van der Waals surface area contributed by atoms with E-state index in [1.807, 2.05) is 0 Å². The molecule has 2 bridgehead atoms. The van der Waals surface area contributed by atoms with Gasteiger partial charge in [0.25, 0.3) is 0 Å². The van der Waals surface area contributed by atoms with Gasteiger partial charge in [-0.05, 0) is 75.2 Å². The number of halogens is 4. The molecule has 0 aliphatic carbocycles.